The van der Waals surface area contributed by atoms with Crippen LogP contribution in [-0.2, 0) is 0 Å². The van der Waals surface area contributed by atoms with Crippen LogP contribution < -0.4 is 5.32 Å². The summed E-state index contributed by atoms with van der Waals surface area (Å²) in [7, 11) is 0. The summed E-state index contributed by atoms with van der Waals surface area (Å²) in [4.78, 5) is 0. The Morgan fingerprint density at radius 3 is 2.10 bits per heavy atom. The monoisotopic (exact) mass is 285 g/mol. The zero-order chi connectivity index (χ0) is 15.6. The number of benzene rings is 1. The van der Waals surface area contributed by atoms with Gasteiger partial charge in [0, 0.05) is 5.56 Å². The maximum Gasteiger partial charge on any atom is 0.106 e. The van der Waals surface area contributed by atoms with Gasteiger partial charge >= 0.3 is 0 Å². The summed E-state index contributed by atoms with van der Waals surface area (Å²) in [6.45, 7) is 13.8. The Hall–Kier alpha value is -1.54. The Labute approximate surface area is 128 Å². The Balaban J connectivity index is 2.53. The van der Waals surface area contributed by atoms with E-state index in [0.717, 1.165) is 24.5 Å². The molecule has 0 aliphatic carbocycles. The first-order valence-corrected chi connectivity index (χ1v) is 7.82. The largest absolute Gasteiger partial charge is 0.466 e. The molecule has 0 aliphatic heterocycles. The molecule has 0 saturated carbocycles. The average molecular weight is 285 g/mol. The second-order valence-electron chi connectivity index (χ2n) is 6.07. The Kier molecular flexibility index (Phi) is 4.89. The fourth-order valence-corrected chi connectivity index (χ4v) is 3.24. The highest BCUT2D eigenvalue weighted by atomic mass is 16.3. The van der Waals surface area contributed by atoms with E-state index in [0.29, 0.717) is 0 Å². The molecule has 2 heteroatoms. The molecule has 0 bridgehead atoms. The van der Waals surface area contributed by atoms with Crippen LogP contribution in [0.4, 0.5) is 0 Å². The van der Waals surface area contributed by atoms with Crippen molar-refractivity contribution in [2.75, 3.05) is 6.54 Å². The van der Waals surface area contributed by atoms with Crippen molar-refractivity contribution in [1.29, 1.82) is 0 Å². The molecule has 1 N–H and O–H groups in total. The van der Waals surface area contributed by atoms with Crippen molar-refractivity contribution in [3.63, 3.8) is 0 Å². The zero-order valence-corrected chi connectivity index (χ0v) is 14.1. The molecule has 0 spiro atoms. The van der Waals surface area contributed by atoms with Gasteiger partial charge in [-0.1, -0.05) is 24.6 Å². The van der Waals surface area contributed by atoms with Gasteiger partial charge in [0.25, 0.3) is 0 Å². The average Bonchev–Trinajstić information content (AvgIpc) is 2.71. The number of hydrogen-bond acceptors (Lipinski definition) is 2. The Morgan fingerprint density at radius 2 is 1.62 bits per heavy atom. The number of rotatable bonds is 5. The van der Waals surface area contributed by atoms with Crippen LogP contribution in [0.1, 0.15) is 58.7 Å². The fourth-order valence-electron chi connectivity index (χ4n) is 3.24. The lowest BCUT2D eigenvalue weighted by Crippen LogP contribution is -2.25. The molecule has 21 heavy (non-hydrogen) atoms. The SMILES string of the molecule is CCCNC(c1cc(C)oc1C)c1c(C)cc(C)cc1C. The fraction of sp³-hybridized carbons (Fsp3) is 0.474. The van der Waals surface area contributed by atoms with Crippen LogP contribution in [0.15, 0.2) is 22.6 Å². The van der Waals surface area contributed by atoms with Gasteiger partial charge in [-0.15, -0.1) is 0 Å². The highest BCUT2D eigenvalue weighted by molar-refractivity contribution is 5.45. The topological polar surface area (TPSA) is 25.2 Å². The van der Waals surface area contributed by atoms with Gasteiger partial charge in [-0.2, -0.15) is 0 Å². The van der Waals surface area contributed by atoms with E-state index < -0.39 is 0 Å². The lowest BCUT2D eigenvalue weighted by Gasteiger charge is -2.23. The van der Waals surface area contributed by atoms with Gasteiger partial charge in [-0.25, -0.2) is 0 Å². The second kappa shape index (κ2) is 6.48. The Morgan fingerprint density at radius 1 is 1.00 bits per heavy atom. The molecule has 1 aromatic heterocycles. The van der Waals surface area contributed by atoms with Crippen LogP contribution in [0.2, 0.25) is 0 Å². The summed E-state index contributed by atoms with van der Waals surface area (Å²) in [5.41, 5.74) is 6.66. The van der Waals surface area contributed by atoms with Crippen molar-refractivity contribution in [3.8, 4) is 0 Å². The summed E-state index contributed by atoms with van der Waals surface area (Å²) in [5.74, 6) is 1.99. The third kappa shape index (κ3) is 3.38. The molecule has 1 atom stereocenters. The highest BCUT2D eigenvalue weighted by Gasteiger charge is 2.22. The normalized spacial score (nSPS) is 12.7. The molecule has 0 amide bonds. The summed E-state index contributed by atoms with van der Waals surface area (Å²) < 4.78 is 5.76. The van der Waals surface area contributed by atoms with Gasteiger partial charge in [-0.3, -0.25) is 0 Å². The van der Waals surface area contributed by atoms with E-state index in [2.05, 4.69) is 58.1 Å². The summed E-state index contributed by atoms with van der Waals surface area (Å²) in [6.07, 6.45) is 1.12. The highest BCUT2D eigenvalue weighted by Crippen LogP contribution is 2.32. The predicted octanol–water partition coefficient (Wildman–Crippen LogP) is 4.91. The summed E-state index contributed by atoms with van der Waals surface area (Å²) >= 11 is 0. The lowest BCUT2D eigenvalue weighted by atomic mass is 9.90. The van der Waals surface area contributed by atoms with Crippen molar-refractivity contribution >= 4 is 0 Å². The first kappa shape index (κ1) is 15.8. The van der Waals surface area contributed by atoms with Gasteiger partial charge in [0.1, 0.15) is 11.5 Å². The first-order chi connectivity index (χ1) is 9.93. The van der Waals surface area contributed by atoms with Gasteiger partial charge < -0.3 is 9.73 Å². The molecule has 0 fully saturated rings. The van der Waals surface area contributed by atoms with Crippen molar-refractivity contribution in [1.82, 2.24) is 5.32 Å². The van der Waals surface area contributed by atoms with Crippen LogP contribution in [-0.4, -0.2) is 6.54 Å². The molecule has 1 aromatic carbocycles. The molecule has 0 radical (unpaired) electrons. The van der Waals surface area contributed by atoms with Crippen molar-refractivity contribution in [2.45, 2.75) is 54.0 Å². The molecule has 2 aromatic rings. The van der Waals surface area contributed by atoms with Gasteiger partial charge in [0.05, 0.1) is 6.04 Å². The van der Waals surface area contributed by atoms with Crippen LogP contribution in [0.5, 0.6) is 0 Å². The third-order valence-electron chi connectivity index (χ3n) is 4.02. The molecule has 0 saturated heterocycles. The quantitative estimate of drug-likeness (QED) is 0.844. The number of furan rings is 1. The van der Waals surface area contributed by atoms with E-state index in [-0.39, 0.29) is 6.04 Å². The Bertz CT molecular complexity index is 601. The molecular formula is C19H27NO. The maximum absolute atomic E-state index is 5.76. The first-order valence-electron chi connectivity index (χ1n) is 7.82. The molecule has 1 unspecified atom stereocenters. The number of aryl methyl sites for hydroxylation is 5. The molecular weight excluding hydrogens is 258 g/mol. The molecule has 2 nitrogen and oxygen atoms in total. The van der Waals surface area contributed by atoms with Crippen molar-refractivity contribution < 1.29 is 4.42 Å². The van der Waals surface area contributed by atoms with Crippen molar-refractivity contribution in [2.24, 2.45) is 0 Å². The molecule has 114 valence electrons. The van der Waals surface area contributed by atoms with E-state index in [1.54, 1.807) is 0 Å². The number of hydrogen-bond donors (Lipinski definition) is 1. The minimum absolute atomic E-state index is 0.211. The molecule has 2 rings (SSSR count). The van der Waals surface area contributed by atoms with E-state index in [4.69, 9.17) is 4.42 Å². The van der Waals surface area contributed by atoms with Crippen LogP contribution >= 0.6 is 0 Å². The summed E-state index contributed by atoms with van der Waals surface area (Å²) in [5, 5.41) is 3.70. The summed E-state index contributed by atoms with van der Waals surface area (Å²) in [6, 6.07) is 6.92. The molecule has 1 heterocycles. The lowest BCUT2D eigenvalue weighted by molar-refractivity contribution is 0.493. The van der Waals surface area contributed by atoms with Gasteiger partial charge in [-0.05, 0) is 70.3 Å². The predicted molar refractivity (Wildman–Crippen MR) is 89.0 cm³/mol. The van der Waals surface area contributed by atoms with Crippen molar-refractivity contribution in [3.05, 3.63) is 57.5 Å². The van der Waals surface area contributed by atoms with Crippen LogP contribution in [0.25, 0.3) is 0 Å². The van der Waals surface area contributed by atoms with E-state index in [1.165, 1.54) is 27.8 Å². The van der Waals surface area contributed by atoms with E-state index in [1.807, 2.05) is 6.92 Å². The number of nitrogens with one attached hydrogen (secondary N) is 1. The van der Waals surface area contributed by atoms with E-state index >= 15 is 0 Å². The van der Waals surface area contributed by atoms with E-state index in [9.17, 15) is 0 Å². The molecule has 0 aliphatic rings. The second-order valence-corrected chi connectivity index (χ2v) is 6.07. The smallest absolute Gasteiger partial charge is 0.106 e. The van der Waals surface area contributed by atoms with Crippen LogP contribution in [0.3, 0.4) is 0 Å². The zero-order valence-electron chi connectivity index (χ0n) is 14.1. The van der Waals surface area contributed by atoms with Gasteiger partial charge in [0.2, 0.25) is 0 Å². The minimum atomic E-state index is 0.211. The third-order valence-corrected chi connectivity index (χ3v) is 4.02. The minimum Gasteiger partial charge on any atom is -0.466 e. The van der Waals surface area contributed by atoms with Crippen LogP contribution in [0, 0.1) is 34.6 Å². The van der Waals surface area contributed by atoms with Gasteiger partial charge in [0.15, 0.2) is 0 Å². The maximum atomic E-state index is 5.76. The standard InChI is InChI=1S/C19H27NO/c1-7-8-20-19(17-11-15(5)21-16(17)6)18-13(3)9-12(2)10-14(18)4/h9-11,19-20H,7-8H2,1-6H3.